The van der Waals surface area contributed by atoms with Gasteiger partial charge in [0.2, 0.25) is 5.91 Å². The minimum atomic E-state index is -1.04. The van der Waals surface area contributed by atoms with Crippen molar-refractivity contribution < 1.29 is 29.0 Å². The number of amides is 2. The number of fused-ring (bicyclic) bond motifs is 3. The molecule has 2 aliphatic rings. The van der Waals surface area contributed by atoms with Gasteiger partial charge in [0.25, 0.3) is 0 Å². The summed E-state index contributed by atoms with van der Waals surface area (Å²) in [6, 6.07) is 24.6. The molecule has 3 aromatic carbocycles. The topological polar surface area (TPSA) is 105 Å². The zero-order valence-corrected chi connectivity index (χ0v) is 22.7. The fourth-order valence-electron chi connectivity index (χ4n) is 5.59. The summed E-state index contributed by atoms with van der Waals surface area (Å²) in [5.41, 5.74) is 4.40. The average molecular weight is 543 g/mol. The van der Waals surface area contributed by atoms with Crippen molar-refractivity contribution in [1.29, 1.82) is 0 Å². The molecule has 5 rings (SSSR count). The van der Waals surface area contributed by atoms with Crippen molar-refractivity contribution in [3.8, 4) is 11.1 Å². The molecule has 1 aliphatic heterocycles. The number of carbonyl (C=O) groups excluding carboxylic acids is 2. The monoisotopic (exact) mass is 542 g/mol. The van der Waals surface area contributed by atoms with Crippen LogP contribution >= 0.6 is 0 Å². The second kappa shape index (κ2) is 11.5. The van der Waals surface area contributed by atoms with Crippen LogP contribution in [0.25, 0.3) is 11.1 Å². The third kappa shape index (κ3) is 5.31. The van der Waals surface area contributed by atoms with Crippen LogP contribution in [0.2, 0.25) is 0 Å². The van der Waals surface area contributed by atoms with Gasteiger partial charge in [-0.25, -0.2) is 4.79 Å². The van der Waals surface area contributed by atoms with E-state index in [1.807, 2.05) is 66.7 Å². The molecular weight excluding hydrogens is 508 g/mol. The van der Waals surface area contributed by atoms with E-state index >= 15 is 0 Å². The Kier molecular flexibility index (Phi) is 7.89. The minimum absolute atomic E-state index is 0.0892. The molecule has 8 heteroatoms. The lowest BCUT2D eigenvalue weighted by Gasteiger charge is -2.48. The summed E-state index contributed by atoms with van der Waals surface area (Å²) in [7, 11) is 0. The molecule has 2 amide bonds. The fraction of sp³-hybridized carbons (Fsp3) is 0.344. The lowest BCUT2D eigenvalue weighted by Crippen LogP contribution is -2.66. The number of ether oxygens (including phenoxy) is 2. The fourth-order valence-corrected chi connectivity index (χ4v) is 5.59. The van der Waals surface area contributed by atoms with Gasteiger partial charge in [-0.3, -0.25) is 9.59 Å². The van der Waals surface area contributed by atoms with E-state index < -0.39 is 29.6 Å². The number of nitrogens with one attached hydrogen (secondary N) is 1. The van der Waals surface area contributed by atoms with E-state index in [0.29, 0.717) is 6.42 Å². The van der Waals surface area contributed by atoms with E-state index in [9.17, 15) is 19.5 Å². The largest absolute Gasteiger partial charge is 0.481 e. The third-order valence-electron chi connectivity index (χ3n) is 8.14. The molecule has 208 valence electrons. The first kappa shape index (κ1) is 27.4. The van der Waals surface area contributed by atoms with Gasteiger partial charge in [0, 0.05) is 19.0 Å². The number of rotatable bonds is 10. The number of alkyl carbamates (subject to hydrolysis) is 1. The first-order valence-electron chi connectivity index (χ1n) is 13.6. The first-order chi connectivity index (χ1) is 19.3. The highest BCUT2D eigenvalue weighted by atomic mass is 16.5. The van der Waals surface area contributed by atoms with Crippen LogP contribution in [0, 0.1) is 5.41 Å². The first-order valence-corrected chi connectivity index (χ1v) is 13.6. The summed E-state index contributed by atoms with van der Waals surface area (Å²) in [6.07, 6.45) is -0.998. The van der Waals surface area contributed by atoms with Crippen molar-refractivity contribution >= 4 is 18.0 Å². The summed E-state index contributed by atoms with van der Waals surface area (Å²) in [6.45, 7) is 4.07. The van der Waals surface area contributed by atoms with Gasteiger partial charge < -0.3 is 24.8 Å². The van der Waals surface area contributed by atoms with Gasteiger partial charge in [-0.1, -0.05) is 85.8 Å². The highest BCUT2D eigenvalue weighted by Crippen LogP contribution is 2.44. The van der Waals surface area contributed by atoms with Crippen molar-refractivity contribution in [3.05, 3.63) is 95.6 Å². The minimum Gasteiger partial charge on any atom is -0.481 e. The van der Waals surface area contributed by atoms with Crippen molar-refractivity contribution in [1.82, 2.24) is 10.2 Å². The lowest BCUT2D eigenvalue weighted by molar-refractivity contribution is -0.168. The summed E-state index contributed by atoms with van der Waals surface area (Å²) in [5, 5.41) is 12.4. The van der Waals surface area contributed by atoms with Crippen molar-refractivity contribution in [2.45, 2.75) is 44.9 Å². The van der Waals surface area contributed by atoms with Gasteiger partial charge >= 0.3 is 12.1 Å². The van der Waals surface area contributed by atoms with Gasteiger partial charge in [0.1, 0.15) is 18.1 Å². The lowest BCUT2D eigenvalue weighted by atomic mass is 9.77. The number of carboxylic acids is 1. The van der Waals surface area contributed by atoms with E-state index in [-0.39, 0.29) is 38.1 Å². The van der Waals surface area contributed by atoms with Crippen molar-refractivity contribution in [3.63, 3.8) is 0 Å². The predicted octanol–water partition coefficient (Wildman–Crippen LogP) is 4.82. The molecule has 1 aliphatic carbocycles. The number of benzene rings is 3. The van der Waals surface area contributed by atoms with Crippen LogP contribution in [0.1, 0.15) is 42.9 Å². The Hall–Kier alpha value is -4.17. The Morgan fingerprint density at radius 1 is 0.950 bits per heavy atom. The molecule has 0 spiro atoms. The molecule has 0 bridgehead atoms. The highest BCUT2D eigenvalue weighted by molar-refractivity contribution is 5.89. The van der Waals surface area contributed by atoms with Crippen LogP contribution in [0.4, 0.5) is 4.79 Å². The standard InChI is InChI=1S/C32H34N2O6/c1-3-32(30(36)37)19-34(20-32)29(35)28(21(2)39-17-22-11-5-4-6-12-22)33-31(38)40-18-27-25-15-9-7-13-23(25)24-14-8-10-16-26(24)27/h4-16,21,27-28H,3,17-20H2,1-2H3,(H,33,38)(H,36,37). The Morgan fingerprint density at radius 2 is 1.52 bits per heavy atom. The van der Waals surface area contributed by atoms with Crippen molar-refractivity contribution in [2.24, 2.45) is 5.41 Å². The molecule has 2 atom stereocenters. The molecule has 1 fully saturated rings. The normalized spacial score (nSPS) is 16.7. The second-order valence-corrected chi connectivity index (χ2v) is 10.6. The molecule has 40 heavy (non-hydrogen) atoms. The van der Waals surface area contributed by atoms with E-state index in [4.69, 9.17) is 9.47 Å². The molecule has 8 nitrogen and oxygen atoms in total. The van der Waals surface area contributed by atoms with E-state index in [0.717, 1.165) is 27.8 Å². The van der Waals surface area contributed by atoms with Crippen LogP contribution in [-0.4, -0.2) is 59.8 Å². The number of carboxylic acid groups (broad SMARTS) is 1. The summed E-state index contributed by atoms with van der Waals surface area (Å²) in [5.74, 6) is -1.43. The van der Waals surface area contributed by atoms with Crippen LogP contribution in [0.3, 0.4) is 0 Å². The SMILES string of the molecule is CCC1(C(=O)O)CN(C(=O)C(NC(=O)OCC2c3ccccc3-c3ccccc32)C(C)OCc2ccccc2)C1. The molecule has 0 aromatic heterocycles. The molecular formula is C32H34N2O6. The van der Waals surface area contributed by atoms with Gasteiger partial charge in [-0.2, -0.15) is 0 Å². The van der Waals surface area contributed by atoms with E-state index in [1.165, 1.54) is 4.90 Å². The van der Waals surface area contributed by atoms with Crippen LogP contribution < -0.4 is 5.32 Å². The molecule has 1 saturated heterocycles. The molecule has 0 saturated carbocycles. The number of hydrogen-bond acceptors (Lipinski definition) is 5. The maximum absolute atomic E-state index is 13.5. The average Bonchev–Trinajstić information content (AvgIpc) is 3.27. The number of likely N-dealkylation sites (tertiary alicyclic amines) is 1. The molecule has 0 radical (unpaired) electrons. The van der Waals surface area contributed by atoms with Crippen LogP contribution in [-0.2, 0) is 25.7 Å². The summed E-state index contributed by atoms with van der Waals surface area (Å²) in [4.78, 5) is 39.8. The number of carbonyl (C=O) groups is 3. The smallest absolute Gasteiger partial charge is 0.407 e. The van der Waals surface area contributed by atoms with Gasteiger partial charge in [0.05, 0.1) is 12.7 Å². The Bertz CT molecular complexity index is 1340. The van der Waals surface area contributed by atoms with E-state index in [2.05, 4.69) is 17.4 Å². The third-order valence-corrected chi connectivity index (χ3v) is 8.14. The molecule has 2 N–H and O–H groups in total. The van der Waals surface area contributed by atoms with E-state index in [1.54, 1.807) is 13.8 Å². The Morgan fingerprint density at radius 3 is 2.10 bits per heavy atom. The summed E-state index contributed by atoms with van der Waals surface area (Å²) < 4.78 is 11.7. The Labute approximate surface area is 233 Å². The van der Waals surface area contributed by atoms with Crippen LogP contribution in [0.15, 0.2) is 78.9 Å². The maximum atomic E-state index is 13.5. The number of nitrogens with zero attached hydrogens (tertiary/aromatic N) is 1. The maximum Gasteiger partial charge on any atom is 0.407 e. The molecule has 2 unspecified atom stereocenters. The molecule has 3 aromatic rings. The van der Waals surface area contributed by atoms with Gasteiger partial charge in [0.15, 0.2) is 0 Å². The van der Waals surface area contributed by atoms with Gasteiger partial charge in [-0.05, 0) is 41.2 Å². The van der Waals surface area contributed by atoms with Gasteiger partial charge in [-0.15, -0.1) is 0 Å². The van der Waals surface area contributed by atoms with Crippen molar-refractivity contribution in [2.75, 3.05) is 19.7 Å². The summed E-state index contributed by atoms with van der Waals surface area (Å²) >= 11 is 0. The van der Waals surface area contributed by atoms with Crippen LogP contribution in [0.5, 0.6) is 0 Å². The zero-order chi connectivity index (χ0) is 28.3. The quantitative estimate of drug-likeness (QED) is 0.381. The number of hydrogen-bond donors (Lipinski definition) is 2. The Balaban J connectivity index is 1.27. The number of aliphatic carboxylic acids is 1. The zero-order valence-electron chi connectivity index (χ0n) is 22.7. The highest BCUT2D eigenvalue weighted by Gasteiger charge is 2.51. The molecule has 1 heterocycles. The predicted molar refractivity (Wildman–Crippen MR) is 150 cm³/mol. The second-order valence-electron chi connectivity index (χ2n) is 10.6.